The zero-order valence-electron chi connectivity index (χ0n) is 14.5. The smallest absolute Gasteiger partial charge is 0.322 e. The summed E-state index contributed by atoms with van der Waals surface area (Å²) in [4.78, 5) is 21.3. The minimum absolute atomic E-state index is 0.0503. The molecule has 132 valence electrons. The van der Waals surface area contributed by atoms with Gasteiger partial charge in [0, 0.05) is 39.0 Å². The SMILES string of the molecule is CCO[C@@H]1CCCN(C(=O)Nc2cccnc2N2CCCCC2)C1. The first-order valence-corrected chi connectivity index (χ1v) is 9.15. The summed E-state index contributed by atoms with van der Waals surface area (Å²) in [6.45, 7) is 6.17. The fourth-order valence-corrected chi connectivity index (χ4v) is 3.54. The van der Waals surface area contributed by atoms with Gasteiger partial charge in [0.2, 0.25) is 0 Å². The number of carbonyl (C=O) groups excluding carboxylic acids is 1. The first-order valence-electron chi connectivity index (χ1n) is 9.15. The number of pyridine rings is 1. The molecule has 0 radical (unpaired) electrons. The topological polar surface area (TPSA) is 57.7 Å². The molecule has 3 rings (SSSR count). The van der Waals surface area contributed by atoms with Crippen LogP contribution in [0.5, 0.6) is 0 Å². The van der Waals surface area contributed by atoms with Crippen molar-refractivity contribution in [2.75, 3.05) is 43.0 Å². The van der Waals surface area contributed by atoms with E-state index in [9.17, 15) is 4.79 Å². The molecule has 0 aromatic carbocycles. The zero-order valence-corrected chi connectivity index (χ0v) is 14.5. The van der Waals surface area contributed by atoms with Crippen LogP contribution in [0, 0.1) is 0 Å². The van der Waals surface area contributed by atoms with E-state index in [1.165, 1.54) is 19.3 Å². The second-order valence-corrected chi connectivity index (χ2v) is 6.52. The van der Waals surface area contributed by atoms with E-state index in [1.54, 1.807) is 6.20 Å². The van der Waals surface area contributed by atoms with Gasteiger partial charge in [0.1, 0.15) is 0 Å². The van der Waals surface area contributed by atoms with Gasteiger partial charge in [-0.25, -0.2) is 9.78 Å². The number of nitrogens with zero attached hydrogens (tertiary/aromatic N) is 3. The van der Waals surface area contributed by atoms with Crippen molar-refractivity contribution in [3.63, 3.8) is 0 Å². The van der Waals surface area contributed by atoms with Gasteiger partial charge >= 0.3 is 6.03 Å². The highest BCUT2D eigenvalue weighted by Crippen LogP contribution is 2.26. The van der Waals surface area contributed by atoms with Gasteiger partial charge in [-0.2, -0.15) is 0 Å². The monoisotopic (exact) mass is 332 g/mol. The highest BCUT2D eigenvalue weighted by Gasteiger charge is 2.25. The molecule has 1 aromatic heterocycles. The lowest BCUT2D eigenvalue weighted by Gasteiger charge is -2.33. The number of carbonyl (C=O) groups is 1. The first kappa shape index (κ1) is 17.0. The van der Waals surface area contributed by atoms with Gasteiger partial charge in [-0.05, 0) is 51.2 Å². The first-order chi connectivity index (χ1) is 11.8. The van der Waals surface area contributed by atoms with Crippen LogP contribution in [0.2, 0.25) is 0 Å². The Balaban J connectivity index is 1.65. The van der Waals surface area contributed by atoms with Crippen molar-refractivity contribution in [3.05, 3.63) is 18.3 Å². The maximum atomic E-state index is 12.7. The molecule has 1 atom stereocenters. The van der Waals surface area contributed by atoms with E-state index in [4.69, 9.17) is 4.74 Å². The predicted octanol–water partition coefficient (Wildman–Crippen LogP) is 3.10. The number of hydrogen-bond acceptors (Lipinski definition) is 4. The van der Waals surface area contributed by atoms with Crippen molar-refractivity contribution in [3.8, 4) is 0 Å². The second-order valence-electron chi connectivity index (χ2n) is 6.52. The van der Waals surface area contributed by atoms with E-state index >= 15 is 0 Å². The molecular formula is C18H28N4O2. The summed E-state index contributed by atoms with van der Waals surface area (Å²) in [6.07, 6.45) is 7.62. The summed E-state index contributed by atoms with van der Waals surface area (Å²) in [5.74, 6) is 0.893. The molecule has 6 nitrogen and oxygen atoms in total. The van der Waals surface area contributed by atoms with Crippen molar-refractivity contribution in [2.45, 2.75) is 45.1 Å². The minimum Gasteiger partial charge on any atom is -0.377 e. The number of aromatic nitrogens is 1. The summed E-state index contributed by atoms with van der Waals surface area (Å²) in [7, 11) is 0. The largest absolute Gasteiger partial charge is 0.377 e. The van der Waals surface area contributed by atoms with Crippen LogP contribution >= 0.6 is 0 Å². The normalized spacial score (nSPS) is 21.6. The van der Waals surface area contributed by atoms with Crippen LogP contribution in [0.3, 0.4) is 0 Å². The van der Waals surface area contributed by atoms with Gasteiger partial charge in [0.05, 0.1) is 11.8 Å². The molecule has 24 heavy (non-hydrogen) atoms. The summed E-state index contributed by atoms with van der Waals surface area (Å²) >= 11 is 0. The van der Waals surface area contributed by atoms with Crippen molar-refractivity contribution < 1.29 is 9.53 Å². The van der Waals surface area contributed by atoms with Gasteiger partial charge in [0.25, 0.3) is 0 Å². The van der Waals surface area contributed by atoms with Crippen molar-refractivity contribution in [1.82, 2.24) is 9.88 Å². The Bertz CT molecular complexity index is 544. The van der Waals surface area contributed by atoms with Crippen LogP contribution in [0.1, 0.15) is 39.0 Å². The highest BCUT2D eigenvalue weighted by atomic mass is 16.5. The Morgan fingerprint density at radius 3 is 2.92 bits per heavy atom. The molecule has 0 unspecified atom stereocenters. The third-order valence-electron chi connectivity index (χ3n) is 4.75. The second kappa shape index (κ2) is 8.33. The van der Waals surface area contributed by atoms with Crippen LogP contribution in [0.25, 0.3) is 0 Å². The van der Waals surface area contributed by atoms with Crippen LogP contribution in [0.4, 0.5) is 16.3 Å². The van der Waals surface area contributed by atoms with E-state index in [-0.39, 0.29) is 12.1 Å². The number of likely N-dealkylation sites (tertiary alicyclic amines) is 1. The molecule has 2 aliphatic heterocycles. The molecular weight excluding hydrogens is 304 g/mol. The lowest BCUT2D eigenvalue weighted by Crippen LogP contribution is -2.45. The third kappa shape index (κ3) is 4.17. The molecule has 1 aromatic rings. The fraction of sp³-hybridized carbons (Fsp3) is 0.667. The average Bonchev–Trinajstić information content (AvgIpc) is 2.63. The summed E-state index contributed by atoms with van der Waals surface area (Å²) in [5.41, 5.74) is 0.808. The number of amides is 2. The van der Waals surface area contributed by atoms with Gasteiger partial charge in [-0.1, -0.05) is 0 Å². The molecule has 2 aliphatic rings. The summed E-state index contributed by atoms with van der Waals surface area (Å²) < 4.78 is 5.69. The summed E-state index contributed by atoms with van der Waals surface area (Å²) in [6, 6.07) is 3.77. The van der Waals surface area contributed by atoms with E-state index in [1.807, 2.05) is 24.0 Å². The number of rotatable bonds is 4. The minimum atomic E-state index is -0.0503. The number of piperidine rings is 2. The maximum Gasteiger partial charge on any atom is 0.322 e. The molecule has 0 saturated carbocycles. The zero-order chi connectivity index (χ0) is 16.8. The van der Waals surface area contributed by atoms with E-state index in [0.717, 1.165) is 44.0 Å². The van der Waals surface area contributed by atoms with Crippen molar-refractivity contribution in [2.24, 2.45) is 0 Å². The molecule has 0 aliphatic carbocycles. The third-order valence-corrected chi connectivity index (χ3v) is 4.75. The average molecular weight is 332 g/mol. The van der Waals surface area contributed by atoms with Gasteiger partial charge in [-0.3, -0.25) is 0 Å². The van der Waals surface area contributed by atoms with Crippen LogP contribution in [-0.2, 0) is 4.74 Å². The quantitative estimate of drug-likeness (QED) is 0.920. The number of ether oxygens (including phenoxy) is 1. The Morgan fingerprint density at radius 2 is 2.12 bits per heavy atom. The molecule has 2 fully saturated rings. The van der Waals surface area contributed by atoms with Crippen LogP contribution in [0.15, 0.2) is 18.3 Å². The standard InChI is InChI=1S/C18H28N4O2/c1-2-24-15-8-7-13-22(14-15)18(23)20-16-9-6-10-19-17(16)21-11-4-3-5-12-21/h6,9-10,15H,2-5,7-8,11-14H2,1H3,(H,20,23)/t15-/m1/s1. The van der Waals surface area contributed by atoms with Crippen molar-refractivity contribution >= 4 is 17.5 Å². The van der Waals surface area contributed by atoms with E-state index < -0.39 is 0 Å². The number of nitrogens with one attached hydrogen (secondary N) is 1. The van der Waals surface area contributed by atoms with E-state index in [2.05, 4.69) is 15.2 Å². The Kier molecular flexibility index (Phi) is 5.91. The Labute approximate surface area is 144 Å². The highest BCUT2D eigenvalue weighted by molar-refractivity contribution is 5.92. The molecule has 1 N–H and O–H groups in total. The molecule has 2 amide bonds. The maximum absolute atomic E-state index is 12.7. The van der Waals surface area contributed by atoms with E-state index in [0.29, 0.717) is 13.2 Å². The lowest BCUT2D eigenvalue weighted by molar-refractivity contribution is 0.0181. The lowest BCUT2D eigenvalue weighted by atomic mass is 10.1. The molecule has 0 bridgehead atoms. The van der Waals surface area contributed by atoms with Crippen LogP contribution in [-0.4, -0.2) is 54.8 Å². The molecule has 3 heterocycles. The van der Waals surface area contributed by atoms with Crippen molar-refractivity contribution in [1.29, 1.82) is 0 Å². The Hall–Kier alpha value is -1.82. The molecule has 0 spiro atoms. The van der Waals surface area contributed by atoms with Gasteiger partial charge in [0.15, 0.2) is 5.82 Å². The number of hydrogen-bond donors (Lipinski definition) is 1. The molecule has 6 heteroatoms. The fourth-order valence-electron chi connectivity index (χ4n) is 3.54. The number of anilines is 2. The Morgan fingerprint density at radius 1 is 1.29 bits per heavy atom. The summed E-state index contributed by atoms with van der Waals surface area (Å²) in [5, 5.41) is 3.07. The number of urea groups is 1. The predicted molar refractivity (Wildman–Crippen MR) is 95.5 cm³/mol. The van der Waals surface area contributed by atoms with Gasteiger partial charge < -0.3 is 19.9 Å². The van der Waals surface area contributed by atoms with Gasteiger partial charge in [-0.15, -0.1) is 0 Å². The van der Waals surface area contributed by atoms with Crippen LogP contribution < -0.4 is 10.2 Å². The molecule has 2 saturated heterocycles.